The van der Waals surface area contributed by atoms with Crippen LogP contribution in [0.5, 0.6) is 0 Å². The third-order valence-electron chi connectivity index (χ3n) is 7.75. The summed E-state index contributed by atoms with van der Waals surface area (Å²) >= 11 is 0. The fraction of sp³-hybridized carbons (Fsp3) is 0.481. The lowest BCUT2D eigenvalue weighted by Gasteiger charge is -2.42. The topological polar surface area (TPSA) is 111 Å². The van der Waals surface area contributed by atoms with Crippen LogP contribution in [-0.4, -0.2) is 61.7 Å². The van der Waals surface area contributed by atoms with Gasteiger partial charge in [-0.2, -0.15) is 5.10 Å². The van der Waals surface area contributed by atoms with Gasteiger partial charge < -0.3 is 15.3 Å². The summed E-state index contributed by atoms with van der Waals surface area (Å²) in [5.74, 6) is -3.81. The zero-order valence-corrected chi connectivity index (χ0v) is 21.2. The second-order valence-corrected chi connectivity index (χ2v) is 10.9. The molecule has 3 heterocycles. The molecule has 2 amide bonds. The number of aliphatic hydroxyl groups is 1. The predicted octanol–water partition coefficient (Wildman–Crippen LogP) is 4.21. The molecule has 8 nitrogen and oxygen atoms in total. The Kier molecular flexibility index (Phi) is 6.45. The van der Waals surface area contributed by atoms with Gasteiger partial charge in [-0.25, -0.2) is 18.2 Å². The Morgan fingerprint density at radius 3 is 2.45 bits per heavy atom. The highest BCUT2D eigenvalue weighted by Crippen LogP contribution is 2.47. The number of fused-ring (bicyclic) bond motifs is 1. The quantitative estimate of drug-likeness (QED) is 0.459. The van der Waals surface area contributed by atoms with Gasteiger partial charge in [0.1, 0.15) is 23.5 Å². The second kappa shape index (κ2) is 9.37. The Morgan fingerprint density at radius 2 is 1.79 bits per heavy atom. The molecule has 2 aromatic heterocycles. The zero-order chi connectivity index (χ0) is 27.3. The highest BCUT2D eigenvalue weighted by molar-refractivity contribution is 5.99. The minimum atomic E-state index is -2.90. The van der Waals surface area contributed by atoms with E-state index in [9.17, 15) is 27.9 Å². The Hall–Kier alpha value is -3.47. The molecule has 11 heteroatoms. The van der Waals surface area contributed by atoms with Crippen LogP contribution in [-0.2, 0) is 20.6 Å². The molecule has 2 atom stereocenters. The monoisotopic (exact) mass is 529 g/mol. The number of hydrogen-bond acceptors (Lipinski definition) is 5. The van der Waals surface area contributed by atoms with Gasteiger partial charge in [0.2, 0.25) is 17.7 Å². The number of amides is 2. The van der Waals surface area contributed by atoms with Crippen molar-refractivity contribution < 1.29 is 27.9 Å². The fourth-order valence-electron chi connectivity index (χ4n) is 5.51. The number of aromatic amines is 1. The van der Waals surface area contributed by atoms with Crippen molar-refractivity contribution in [1.82, 2.24) is 20.1 Å². The average Bonchev–Trinajstić information content (AvgIpc) is 3.49. The summed E-state index contributed by atoms with van der Waals surface area (Å²) in [4.78, 5) is 32.9. The number of nitrogens with zero attached hydrogens (tertiary/aromatic N) is 3. The van der Waals surface area contributed by atoms with E-state index >= 15 is 0 Å². The van der Waals surface area contributed by atoms with Crippen LogP contribution in [0.15, 0.2) is 42.6 Å². The summed E-state index contributed by atoms with van der Waals surface area (Å²) in [5.41, 5.74) is -0.134. The largest absolute Gasteiger partial charge is 0.386 e. The summed E-state index contributed by atoms with van der Waals surface area (Å²) in [6.45, 7) is 2.95. The minimum absolute atomic E-state index is 0.138. The molecular weight excluding hydrogens is 499 g/mol. The number of benzene rings is 1. The van der Waals surface area contributed by atoms with Crippen molar-refractivity contribution in [1.29, 1.82) is 0 Å². The van der Waals surface area contributed by atoms with E-state index < -0.39 is 53.8 Å². The summed E-state index contributed by atoms with van der Waals surface area (Å²) in [6, 6.07) is 8.81. The highest BCUT2D eigenvalue weighted by atomic mass is 19.3. The number of rotatable bonds is 5. The van der Waals surface area contributed by atoms with Crippen molar-refractivity contribution in [3.63, 3.8) is 0 Å². The lowest BCUT2D eigenvalue weighted by Crippen LogP contribution is -2.54. The van der Waals surface area contributed by atoms with Gasteiger partial charge in [-0.05, 0) is 49.9 Å². The molecule has 0 unspecified atom stereocenters. The SMILES string of the molecule is CC(C)(O)c1ccc(C2(C(=O)N3C[C@H](F)C[C@@H]3C(=O)Nc3ccc4[nH]ncc4n3)CCC(F)(F)CC2)cc1. The third kappa shape index (κ3) is 4.87. The number of alkyl halides is 3. The van der Waals surface area contributed by atoms with Crippen molar-refractivity contribution in [3.05, 3.63) is 53.7 Å². The Labute approximate surface area is 217 Å². The average molecular weight is 530 g/mol. The number of likely N-dealkylation sites (tertiary alicyclic amines) is 1. The molecule has 1 aliphatic carbocycles. The first-order valence-corrected chi connectivity index (χ1v) is 12.7. The molecular formula is C27H30F3N5O3. The predicted molar refractivity (Wildman–Crippen MR) is 134 cm³/mol. The van der Waals surface area contributed by atoms with E-state index in [0.29, 0.717) is 22.2 Å². The molecule has 38 heavy (non-hydrogen) atoms. The van der Waals surface area contributed by atoms with Crippen LogP contribution in [0.3, 0.4) is 0 Å². The van der Waals surface area contributed by atoms with Gasteiger partial charge in [-0.3, -0.25) is 14.7 Å². The van der Waals surface area contributed by atoms with E-state index in [0.717, 1.165) is 0 Å². The first-order chi connectivity index (χ1) is 17.9. The van der Waals surface area contributed by atoms with Crippen molar-refractivity contribution in [2.75, 3.05) is 11.9 Å². The van der Waals surface area contributed by atoms with Crippen LogP contribution in [0.2, 0.25) is 0 Å². The van der Waals surface area contributed by atoms with Crippen molar-refractivity contribution in [3.8, 4) is 0 Å². The van der Waals surface area contributed by atoms with Gasteiger partial charge in [-0.1, -0.05) is 24.3 Å². The number of carbonyl (C=O) groups excluding carboxylic acids is 2. The van der Waals surface area contributed by atoms with Crippen molar-refractivity contribution in [2.45, 2.75) is 75.1 Å². The zero-order valence-electron chi connectivity index (χ0n) is 21.2. The van der Waals surface area contributed by atoms with Crippen LogP contribution in [0.25, 0.3) is 11.0 Å². The molecule has 202 valence electrons. The number of H-pyrrole nitrogens is 1. The molecule has 0 radical (unpaired) electrons. The first-order valence-electron chi connectivity index (χ1n) is 12.7. The van der Waals surface area contributed by atoms with E-state index in [1.807, 2.05) is 0 Å². The number of anilines is 1. The maximum absolute atomic E-state index is 14.7. The smallest absolute Gasteiger partial charge is 0.248 e. The van der Waals surface area contributed by atoms with Crippen molar-refractivity contribution in [2.24, 2.45) is 0 Å². The van der Waals surface area contributed by atoms with Gasteiger partial charge in [0.25, 0.3) is 0 Å². The van der Waals surface area contributed by atoms with Crippen LogP contribution < -0.4 is 5.32 Å². The molecule has 2 fully saturated rings. The molecule has 2 aliphatic rings. The number of hydrogen-bond donors (Lipinski definition) is 3. The van der Waals surface area contributed by atoms with E-state index in [2.05, 4.69) is 20.5 Å². The summed E-state index contributed by atoms with van der Waals surface area (Å²) in [6.07, 6.45) is -1.40. The molecule has 3 aromatic rings. The Balaban J connectivity index is 1.44. The number of pyridine rings is 1. The van der Waals surface area contributed by atoms with Crippen LogP contribution in [0.1, 0.15) is 57.1 Å². The molecule has 1 saturated carbocycles. The van der Waals surface area contributed by atoms with E-state index in [4.69, 9.17) is 0 Å². The summed E-state index contributed by atoms with van der Waals surface area (Å²) in [7, 11) is 0. The standard InChI is InChI=1S/C27H30F3N5O3/c1-25(2,38)16-3-5-17(6-4-16)26(9-11-27(29,30)12-10-26)24(37)35-15-18(28)13-21(35)23(36)33-22-8-7-19-20(32-22)14-31-34-19/h3-8,14,18,21,38H,9-13,15H2,1-2H3,(H,31,34)(H,32,33,36)/t18-,21-/m1/s1. The van der Waals surface area contributed by atoms with Gasteiger partial charge in [0, 0.05) is 19.3 Å². The minimum Gasteiger partial charge on any atom is -0.386 e. The van der Waals surface area contributed by atoms with Gasteiger partial charge in [0.05, 0.1) is 29.3 Å². The maximum atomic E-state index is 14.7. The number of carbonyl (C=O) groups is 2. The van der Waals surface area contributed by atoms with Crippen LogP contribution in [0, 0.1) is 0 Å². The summed E-state index contributed by atoms with van der Waals surface area (Å²) < 4.78 is 43.2. The van der Waals surface area contributed by atoms with Crippen molar-refractivity contribution >= 4 is 28.7 Å². The molecule has 5 rings (SSSR count). The lowest BCUT2D eigenvalue weighted by molar-refractivity contribution is -0.146. The van der Waals surface area contributed by atoms with Gasteiger partial charge in [0.15, 0.2) is 0 Å². The highest BCUT2D eigenvalue weighted by Gasteiger charge is 2.53. The Morgan fingerprint density at radius 1 is 1.11 bits per heavy atom. The molecule has 3 N–H and O–H groups in total. The first kappa shape index (κ1) is 26.1. The summed E-state index contributed by atoms with van der Waals surface area (Å²) in [5, 5.41) is 19.6. The number of halogens is 3. The molecule has 1 saturated heterocycles. The molecule has 1 aliphatic heterocycles. The maximum Gasteiger partial charge on any atom is 0.248 e. The third-order valence-corrected chi connectivity index (χ3v) is 7.75. The molecule has 0 bridgehead atoms. The fourth-order valence-corrected chi connectivity index (χ4v) is 5.51. The van der Waals surface area contributed by atoms with Crippen LogP contribution in [0.4, 0.5) is 19.0 Å². The van der Waals surface area contributed by atoms with E-state index in [1.54, 1.807) is 50.2 Å². The lowest BCUT2D eigenvalue weighted by atomic mass is 9.67. The van der Waals surface area contributed by atoms with E-state index in [1.165, 1.54) is 11.1 Å². The molecule has 1 aromatic carbocycles. The van der Waals surface area contributed by atoms with Crippen LogP contribution >= 0.6 is 0 Å². The molecule has 0 spiro atoms. The number of aromatic nitrogens is 3. The normalized spacial score (nSPS) is 22.9. The van der Waals surface area contributed by atoms with Gasteiger partial charge >= 0.3 is 0 Å². The van der Waals surface area contributed by atoms with E-state index in [-0.39, 0.29) is 31.6 Å². The number of nitrogens with one attached hydrogen (secondary N) is 2. The Bertz CT molecular complexity index is 1340. The van der Waals surface area contributed by atoms with Gasteiger partial charge in [-0.15, -0.1) is 0 Å². The second-order valence-electron chi connectivity index (χ2n) is 10.9.